The largest absolute Gasteiger partial charge is 0.300 e. The van der Waals surface area contributed by atoms with Gasteiger partial charge in [0.05, 0.1) is 21.8 Å². The standard InChI is InChI=1S/C19H28N4S/c1-13(2)8-19-21-11-18(24-19)17-10-20-9-16(22-17)15-6-5-7-23(12-15)14(3)4/h9-11,13-15H,5-8,12H2,1-4H3. The van der Waals surface area contributed by atoms with Crippen molar-refractivity contribution in [3.63, 3.8) is 0 Å². The second kappa shape index (κ2) is 7.70. The Labute approximate surface area is 149 Å². The molecule has 0 N–H and O–H groups in total. The first-order valence-corrected chi connectivity index (χ1v) is 9.85. The third-order valence-corrected chi connectivity index (χ3v) is 5.69. The van der Waals surface area contributed by atoms with E-state index in [1.165, 1.54) is 24.4 Å². The highest BCUT2D eigenvalue weighted by atomic mass is 32.1. The summed E-state index contributed by atoms with van der Waals surface area (Å²) < 4.78 is 0. The molecule has 0 saturated carbocycles. The van der Waals surface area contributed by atoms with Crippen LogP contribution in [0.1, 0.15) is 57.2 Å². The van der Waals surface area contributed by atoms with Gasteiger partial charge in [-0.15, -0.1) is 11.3 Å². The molecule has 0 amide bonds. The van der Waals surface area contributed by atoms with Crippen LogP contribution in [0.15, 0.2) is 18.6 Å². The molecule has 3 heterocycles. The average molecular weight is 345 g/mol. The molecule has 3 rings (SSSR count). The van der Waals surface area contributed by atoms with E-state index < -0.39 is 0 Å². The van der Waals surface area contributed by atoms with Crippen LogP contribution in [0.2, 0.25) is 0 Å². The van der Waals surface area contributed by atoms with Crippen LogP contribution in [0.25, 0.3) is 10.6 Å². The predicted molar refractivity (Wildman–Crippen MR) is 100 cm³/mol. The van der Waals surface area contributed by atoms with Gasteiger partial charge in [-0.1, -0.05) is 13.8 Å². The molecule has 2 aromatic rings. The maximum absolute atomic E-state index is 4.93. The van der Waals surface area contributed by atoms with Gasteiger partial charge in [-0.3, -0.25) is 4.98 Å². The summed E-state index contributed by atoms with van der Waals surface area (Å²) in [4.78, 5) is 17.6. The van der Waals surface area contributed by atoms with E-state index in [9.17, 15) is 0 Å². The van der Waals surface area contributed by atoms with Gasteiger partial charge < -0.3 is 4.90 Å². The summed E-state index contributed by atoms with van der Waals surface area (Å²) in [6, 6.07) is 0.601. The van der Waals surface area contributed by atoms with Crippen molar-refractivity contribution in [3.8, 4) is 10.6 Å². The molecule has 1 atom stereocenters. The van der Waals surface area contributed by atoms with E-state index in [0.29, 0.717) is 17.9 Å². The molecule has 1 aliphatic rings. The third kappa shape index (κ3) is 4.19. The summed E-state index contributed by atoms with van der Waals surface area (Å²) in [5.74, 6) is 1.13. The summed E-state index contributed by atoms with van der Waals surface area (Å²) in [7, 11) is 0. The normalized spacial score (nSPS) is 19.3. The summed E-state index contributed by atoms with van der Waals surface area (Å²) in [6.45, 7) is 11.3. The monoisotopic (exact) mass is 344 g/mol. The zero-order valence-corrected chi connectivity index (χ0v) is 16.0. The van der Waals surface area contributed by atoms with Crippen molar-refractivity contribution in [2.45, 2.75) is 58.9 Å². The zero-order valence-electron chi connectivity index (χ0n) is 15.2. The fourth-order valence-electron chi connectivity index (χ4n) is 3.29. The van der Waals surface area contributed by atoms with E-state index in [0.717, 1.165) is 29.2 Å². The minimum Gasteiger partial charge on any atom is -0.300 e. The highest BCUT2D eigenvalue weighted by Gasteiger charge is 2.24. The second-order valence-corrected chi connectivity index (χ2v) is 8.59. The number of aromatic nitrogens is 3. The Balaban J connectivity index is 1.77. The van der Waals surface area contributed by atoms with Crippen LogP contribution in [0.5, 0.6) is 0 Å². The second-order valence-electron chi connectivity index (χ2n) is 7.47. The van der Waals surface area contributed by atoms with Crippen molar-refractivity contribution >= 4 is 11.3 Å². The van der Waals surface area contributed by atoms with Crippen molar-refractivity contribution in [1.82, 2.24) is 19.9 Å². The number of likely N-dealkylation sites (tertiary alicyclic amines) is 1. The number of nitrogens with zero attached hydrogens (tertiary/aromatic N) is 4. The summed E-state index contributed by atoms with van der Waals surface area (Å²) in [5, 5.41) is 1.19. The van der Waals surface area contributed by atoms with E-state index in [1.807, 2.05) is 18.6 Å². The van der Waals surface area contributed by atoms with Gasteiger partial charge in [0, 0.05) is 37.3 Å². The number of rotatable bonds is 5. The maximum atomic E-state index is 4.93. The third-order valence-electron chi connectivity index (χ3n) is 4.64. The van der Waals surface area contributed by atoms with Crippen LogP contribution >= 0.6 is 11.3 Å². The summed E-state index contributed by atoms with van der Waals surface area (Å²) in [6.07, 6.45) is 9.27. The van der Waals surface area contributed by atoms with Crippen LogP contribution in [0, 0.1) is 5.92 Å². The first kappa shape index (κ1) is 17.5. The molecule has 1 fully saturated rings. The van der Waals surface area contributed by atoms with Crippen molar-refractivity contribution in [2.24, 2.45) is 5.92 Å². The SMILES string of the molecule is CC(C)Cc1ncc(-c2cncc(C3CCCN(C(C)C)C3)n2)s1. The van der Waals surface area contributed by atoms with Gasteiger partial charge in [0.15, 0.2) is 0 Å². The van der Waals surface area contributed by atoms with Crippen LogP contribution in [-0.2, 0) is 6.42 Å². The molecule has 24 heavy (non-hydrogen) atoms. The lowest BCUT2D eigenvalue weighted by Crippen LogP contribution is -2.39. The average Bonchev–Trinajstić information content (AvgIpc) is 3.03. The van der Waals surface area contributed by atoms with Gasteiger partial charge in [-0.25, -0.2) is 9.97 Å². The molecule has 1 aliphatic heterocycles. The zero-order chi connectivity index (χ0) is 17.1. The highest BCUT2D eigenvalue weighted by molar-refractivity contribution is 7.15. The molecule has 1 saturated heterocycles. The Morgan fingerprint density at radius 1 is 1.21 bits per heavy atom. The molecule has 0 bridgehead atoms. The Morgan fingerprint density at radius 3 is 2.79 bits per heavy atom. The Hall–Kier alpha value is -1.33. The molecule has 0 aliphatic carbocycles. The topological polar surface area (TPSA) is 41.9 Å². The van der Waals surface area contributed by atoms with Crippen molar-refractivity contribution in [2.75, 3.05) is 13.1 Å². The Morgan fingerprint density at radius 2 is 2.04 bits per heavy atom. The van der Waals surface area contributed by atoms with E-state index in [4.69, 9.17) is 4.98 Å². The highest BCUT2D eigenvalue weighted by Crippen LogP contribution is 2.30. The molecule has 5 heteroatoms. The van der Waals surface area contributed by atoms with Crippen LogP contribution in [0.3, 0.4) is 0 Å². The molecule has 130 valence electrons. The van der Waals surface area contributed by atoms with E-state index in [2.05, 4.69) is 42.6 Å². The molecular formula is C19H28N4S. The molecule has 0 spiro atoms. The fourth-order valence-corrected chi connectivity index (χ4v) is 4.37. The summed E-state index contributed by atoms with van der Waals surface area (Å²) in [5.41, 5.74) is 2.11. The summed E-state index contributed by atoms with van der Waals surface area (Å²) >= 11 is 1.75. The lowest BCUT2D eigenvalue weighted by Gasteiger charge is -2.35. The lowest BCUT2D eigenvalue weighted by atomic mass is 9.94. The smallest absolute Gasteiger partial charge is 0.100 e. The predicted octanol–water partition coefficient (Wildman–Crippen LogP) is 4.39. The van der Waals surface area contributed by atoms with Gasteiger partial charge in [0.2, 0.25) is 0 Å². The first-order chi connectivity index (χ1) is 11.5. The van der Waals surface area contributed by atoms with Gasteiger partial charge in [-0.05, 0) is 39.2 Å². The van der Waals surface area contributed by atoms with E-state index in [1.54, 1.807) is 11.3 Å². The van der Waals surface area contributed by atoms with Crippen molar-refractivity contribution in [3.05, 3.63) is 29.3 Å². The minimum atomic E-state index is 0.497. The minimum absolute atomic E-state index is 0.497. The van der Waals surface area contributed by atoms with Gasteiger partial charge in [-0.2, -0.15) is 0 Å². The molecule has 2 aromatic heterocycles. The van der Waals surface area contributed by atoms with Crippen LogP contribution in [0.4, 0.5) is 0 Å². The molecule has 0 aromatic carbocycles. The maximum Gasteiger partial charge on any atom is 0.100 e. The Kier molecular flexibility index (Phi) is 5.61. The van der Waals surface area contributed by atoms with Gasteiger partial charge in [0.1, 0.15) is 5.69 Å². The Bertz CT molecular complexity index is 665. The first-order valence-electron chi connectivity index (χ1n) is 9.04. The number of hydrogen-bond donors (Lipinski definition) is 0. The number of piperidine rings is 1. The fraction of sp³-hybridized carbons (Fsp3) is 0.632. The molecular weight excluding hydrogens is 316 g/mol. The lowest BCUT2D eigenvalue weighted by molar-refractivity contribution is 0.166. The quantitative estimate of drug-likeness (QED) is 0.807. The van der Waals surface area contributed by atoms with E-state index in [-0.39, 0.29) is 0 Å². The number of thiazole rings is 1. The van der Waals surface area contributed by atoms with Crippen LogP contribution in [-0.4, -0.2) is 39.0 Å². The van der Waals surface area contributed by atoms with Crippen LogP contribution < -0.4 is 0 Å². The van der Waals surface area contributed by atoms with Gasteiger partial charge in [0.25, 0.3) is 0 Å². The molecule has 1 unspecified atom stereocenters. The van der Waals surface area contributed by atoms with Gasteiger partial charge >= 0.3 is 0 Å². The number of hydrogen-bond acceptors (Lipinski definition) is 5. The van der Waals surface area contributed by atoms with E-state index >= 15 is 0 Å². The molecule has 4 nitrogen and oxygen atoms in total. The molecule has 0 radical (unpaired) electrons. The van der Waals surface area contributed by atoms with Crippen molar-refractivity contribution in [1.29, 1.82) is 0 Å². The van der Waals surface area contributed by atoms with Crippen molar-refractivity contribution < 1.29 is 0 Å².